The highest BCUT2D eigenvalue weighted by atomic mass is 15.5. The zero-order valence-electron chi connectivity index (χ0n) is 5.12. The molecule has 6 N–H and O–H groups in total. The Morgan fingerprint density at radius 2 is 2.11 bits per heavy atom. The number of rotatable bonds is 1. The maximum absolute atomic E-state index is 5.43. The van der Waals surface area contributed by atoms with E-state index < -0.39 is 0 Å². The molecule has 0 bridgehead atoms. The summed E-state index contributed by atoms with van der Waals surface area (Å²) >= 11 is 0. The van der Waals surface area contributed by atoms with Gasteiger partial charge in [-0.25, -0.2) is 5.84 Å². The summed E-state index contributed by atoms with van der Waals surface area (Å²) in [5.41, 5.74) is 5.28. The largest absolute Gasteiger partial charge is 0.367 e. The van der Waals surface area contributed by atoms with E-state index >= 15 is 0 Å². The number of nitrogens with zero attached hydrogens (tertiary/aromatic N) is 2. The highest BCUT2D eigenvalue weighted by molar-refractivity contribution is 5.77. The third-order valence-corrected chi connectivity index (χ3v) is 1.34. The van der Waals surface area contributed by atoms with Gasteiger partial charge in [0, 0.05) is 6.04 Å². The lowest BCUT2D eigenvalue weighted by Gasteiger charge is -2.14. The fourth-order valence-electron chi connectivity index (χ4n) is 0.606. The molecule has 0 heterocycles. The Hall–Kier alpha value is -0.970. The molecule has 52 valence electrons. The summed E-state index contributed by atoms with van der Waals surface area (Å²) in [5, 5.41) is 4.65. The fraction of sp³-hybridized carbons (Fsp3) is 0.750. The second-order valence-electron chi connectivity index (χ2n) is 2.13. The molecule has 0 aliphatic heterocycles. The van der Waals surface area contributed by atoms with E-state index in [1.807, 2.05) is 0 Å². The van der Waals surface area contributed by atoms with E-state index in [4.69, 9.17) is 17.4 Å². The van der Waals surface area contributed by atoms with Crippen LogP contribution in [0.5, 0.6) is 0 Å². The van der Waals surface area contributed by atoms with Gasteiger partial charge in [-0.1, -0.05) is 0 Å². The average molecular weight is 129 g/mol. The minimum atomic E-state index is 0.206. The van der Waals surface area contributed by atoms with Crippen LogP contribution in [0.25, 0.3) is 0 Å². The van der Waals surface area contributed by atoms with Crippen LogP contribution in [0.4, 0.5) is 0 Å². The summed E-state index contributed by atoms with van der Waals surface area (Å²) in [6.07, 6.45) is 2.18. The second-order valence-corrected chi connectivity index (χ2v) is 2.13. The van der Waals surface area contributed by atoms with Gasteiger partial charge >= 0.3 is 0 Å². The first-order chi connectivity index (χ1) is 4.25. The average Bonchev–Trinajstić information content (AvgIpc) is 2.66. The van der Waals surface area contributed by atoms with Gasteiger partial charge in [0.2, 0.25) is 5.96 Å². The highest BCUT2D eigenvalue weighted by Crippen LogP contribution is 2.23. The fourth-order valence-corrected chi connectivity index (χ4v) is 0.606. The van der Waals surface area contributed by atoms with Crippen LogP contribution in [-0.2, 0) is 0 Å². The van der Waals surface area contributed by atoms with Crippen molar-refractivity contribution in [3.8, 4) is 0 Å². The molecule has 1 saturated carbocycles. The lowest BCUT2D eigenvalue weighted by atomic mass is 10.7. The predicted molar refractivity (Wildman–Crippen MR) is 34.9 cm³/mol. The topological polar surface area (TPSA) is 93.7 Å². The van der Waals surface area contributed by atoms with E-state index in [1.54, 1.807) is 0 Å². The van der Waals surface area contributed by atoms with E-state index in [-0.39, 0.29) is 5.96 Å². The van der Waals surface area contributed by atoms with E-state index in [0.717, 1.165) is 12.8 Å². The monoisotopic (exact) mass is 129 g/mol. The summed E-state index contributed by atoms with van der Waals surface area (Å²) in [6, 6.07) is 0.372. The van der Waals surface area contributed by atoms with E-state index in [1.165, 1.54) is 5.01 Å². The van der Waals surface area contributed by atoms with Gasteiger partial charge in [-0.3, -0.25) is 5.01 Å². The third kappa shape index (κ3) is 1.23. The van der Waals surface area contributed by atoms with E-state index in [9.17, 15) is 0 Å². The lowest BCUT2D eigenvalue weighted by Crippen LogP contribution is -2.44. The van der Waals surface area contributed by atoms with Gasteiger partial charge in [0.25, 0.3) is 0 Å². The minimum Gasteiger partial charge on any atom is -0.367 e. The molecule has 9 heavy (non-hydrogen) atoms. The van der Waals surface area contributed by atoms with Crippen molar-refractivity contribution in [3.63, 3.8) is 0 Å². The Morgan fingerprint density at radius 3 is 2.44 bits per heavy atom. The maximum Gasteiger partial charge on any atom is 0.227 e. The van der Waals surface area contributed by atoms with Crippen molar-refractivity contribution >= 4 is 5.96 Å². The summed E-state index contributed by atoms with van der Waals surface area (Å²) in [7, 11) is 0. The van der Waals surface area contributed by atoms with Gasteiger partial charge in [-0.05, 0) is 12.8 Å². The molecule has 1 fully saturated rings. The molecule has 5 heteroatoms. The van der Waals surface area contributed by atoms with Crippen LogP contribution in [0.3, 0.4) is 0 Å². The van der Waals surface area contributed by atoms with Crippen LogP contribution >= 0.6 is 0 Å². The quantitative estimate of drug-likeness (QED) is 0.174. The SMILES string of the molecule is N/N=C(/N)N(N)C1CC1. The van der Waals surface area contributed by atoms with Gasteiger partial charge in [0.15, 0.2) is 0 Å². The van der Waals surface area contributed by atoms with Crippen molar-refractivity contribution in [1.29, 1.82) is 0 Å². The lowest BCUT2D eigenvalue weighted by molar-refractivity contribution is 0.423. The number of hydrogen-bond acceptors (Lipinski definition) is 3. The van der Waals surface area contributed by atoms with Gasteiger partial charge in [0.1, 0.15) is 0 Å². The number of hydrazone groups is 1. The van der Waals surface area contributed by atoms with Crippen LogP contribution in [0.1, 0.15) is 12.8 Å². The van der Waals surface area contributed by atoms with Crippen LogP contribution in [0.15, 0.2) is 5.10 Å². The molecule has 0 radical (unpaired) electrons. The molecule has 0 unspecified atom stereocenters. The van der Waals surface area contributed by atoms with Crippen LogP contribution in [-0.4, -0.2) is 17.0 Å². The standard InChI is InChI=1S/C4H11N5/c5-4(8-6)9(7)3-1-2-3/h3H,1-2,6-7H2,(H2,5,8). The third-order valence-electron chi connectivity index (χ3n) is 1.34. The molecule has 1 rings (SSSR count). The summed E-state index contributed by atoms with van der Waals surface area (Å²) in [4.78, 5) is 0. The van der Waals surface area contributed by atoms with Gasteiger partial charge in [0.05, 0.1) is 0 Å². The first-order valence-corrected chi connectivity index (χ1v) is 2.83. The van der Waals surface area contributed by atoms with Crippen molar-refractivity contribution in [3.05, 3.63) is 0 Å². The first kappa shape index (κ1) is 6.15. The molecule has 5 nitrogen and oxygen atoms in total. The predicted octanol–water partition coefficient (Wildman–Crippen LogP) is -1.49. The Labute approximate surface area is 53.4 Å². The molecular weight excluding hydrogens is 118 g/mol. The Morgan fingerprint density at radius 1 is 1.56 bits per heavy atom. The normalized spacial score (nSPS) is 19.9. The van der Waals surface area contributed by atoms with Crippen LogP contribution in [0.2, 0.25) is 0 Å². The zero-order chi connectivity index (χ0) is 6.85. The summed E-state index contributed by atoms with van der Waals surface area (Å²) < 4.78 is 0. The molecule has 0 spiro atoms. The van der Waals surface area contributed by atoms with Crippen molar-refractivity contribution in [1.82, 2.24) is 5.01 Å². The molecular formula is C4H11N5. The maximum atomic E-state index is 5.43. The van der Waals surface area contributed by atoms with Gasteiger partial charge < -0.3 is 11.6 Å². The number of guanidine groups is 1. The highest BCUT2D eigenvalue weighted by Gasteiger charge is 2.28. The Balaban J connectivity index is 2.40. The molecule has 0 atom stereocenters. The van der Waals surface area contributed by atoms with Crippen molar-refractivity contribution in [2.45, 2.75) is 18.9 Å². The minimum absolute atomic E-state index is 0.206. The molecule has 1 aliphatic carbocycles. The smallest absolute Gasteiger partial charge is 0.227 e. The number of nitrogens with two attached hydrogens (primary N) is 3. The van der Waals surface area contributed by atoms with E-state index in [2.05, 4.69) is 5.10 Å². The first-order valence-electron chi connectivity index (χ1n) is 2.83. The zero-order valence-corrected chi connectivity index (χ0v) is 5.12. The van der Waals surface area contributed by atoms with Crippen molar-refractivity contribution in [2.75, 3.05) is 0 Å². The molecule has 1 aliphatic rings. The number of hydrazine groups is 1. The molecule has 0 aromatic carbocycles. The Kier molecular flexibility index (Phi) is 1.44. The van der Waals surface area contributed by atoms with Crippen molar-refractivity contribution < 1.29 is 0 Å². The van der Waals surface area contributed by atoms with Crippen molar-refractivity contribution in [2.24, 2.45) is 22.5 Å². The molecule has 0 amide bonds. The van der Waals surface area contributed by atoms with Crippen LogP contribution in [0, 0.1) is 0 Å². The number of hydrogen-bond donors (Lipinski definition) is 3. The summed E-state index contributed by atoms with van der Waals surface area (Å²) in [5.74, 6) is 10.5. The molecule has 0 aromatic rings. The van der Waals surface area contributed by atoms with Gasteiger partial charge in [-0.15, -0.1) is 5.10 Å². The molecule has 0 saturated heterocycles. The molecule has 0 aromatic heterocycles. The summed E-state index contributed by atoms with van der Waals surface area (Å²) in [6.45, 7) is 0. The second kappa shape index (κ2) is 2.10. The van der Waals surface area contributed by atoms with Gasteiger partial charge in [-0.2, -0.15) is 0 Å². The van der Waals surface area contributed by atoms with Crippen LogP contribution < -0.4 is 17.4 Å². The van der Waals surface area contributed by atoms with E-state index in [0.29, 0.717) is 6.04 Å². The Bertz CT molecular complexity index is 127.